The first-order valence-electron chi connectivity index (χ1n) is 6.26. The van der Waals surface area contributed by atoms with Crippen LogP contribution < -0.4 is 5.73 Å². The average molecular weight is 265 g/mol. The summed E-state index contributed by atoms with van der Waals surface area (Å²) in [6.45, 7) is 1.59. The Labute approximate surface area is 110 Å². The Morgan fingerprint density at radius 1 is 1.39 bits per heavy atom. The summed E-state index contributed by atoms with van der Waals surface area (Å²) in [5.74, 6) is 0.196. The lowest BCUT2D eigenvalue weighted by atomic mass is 9.93. The molecule has 0 aliphatic carbocycles. The van der Waals surface area contributed by atoms with Gasteiger partial charge in [0.15, 0.2) is 0 Å². The predicted molar refractivity (Wildman–Crippen MR) is 72.3 cm³/mol. The van der Waals surface area contributed by atoms with Gasteiger partial charge in [0.2, 0.25) is 0 Å². The van der Waals surface area contributed by atoms with Gasteiger partial charge in [0, 0.05) is 28.1 Å². The van der Waals surface area contributed by atoms with Gasteiger partial charge in [-0.05, 0) is 36.4 Å². The van der Waals surface area contributed by atoms with E-state index in [-0.39, 0.29) is 11.9 Å². The molecule has 18 heavy (non-hydrogen) atoms. The molecule has 2 N–H and O–H groups in total. The van der Waals surface area contributed by atoms with Crippen LogP contribution in [0.5, 0.6) is 0 Å². The summed E-state index contributed by atoms with van der Waals surface area (Å²) in [4.78, 5) is 1.13. The van der Waals surface area contributed by atoms with Crippen LogP contribution in [0, 0.1) is 11.7 Å². The number of fused-ring (bicyclic) bond motifs is 1. The summed E-state index contributed by atoms with van der Waals surface area (Å²) in [6, 6.07) is 6.97. The second kappa shape index (κ2) is 4.96. The Balaban J connectivity index is 1.88. The van der Waals surface area contributed by atoms with Gasteiger partial charge in [0.25, 0.3) is 0 Å². The number of rotatable bonds is 2. The van der Waals surface area contributed by atoms with E-state index >= 15 is 0 Å². The van der Waals surface area contributed by atoms with Crippen LogP contribution in [0.15, 0.2) is 24.3 Å². The summed E-state index contributed by atoms with van der Waals surface area (Å²) in [7, 11) is 0. The molecular formula is C14H16FNOS. The van der Waals surface area contributed by atoms with Gasteiger partial charge in [-0.3, -0.25) is 0 Å². The molecule has 1 fully saturated rings. The minimum absolute atomic E-state index is 0.00533. The van der Waals surface area contributed by atoms with Crippen molar-refractivity contribution in [1.82, 2.24) is 0 Å². The molecule has 0 saturated carbocycles. The van der Waals surface area contributed by atoms with Gasteiger partial charge in [-0.25, -0.2) is 4.39 Å². The molecule has 2 unspecified atom stereocenters. The third kappa shape index (κ3) is 2.28. The maximum absolute atomic E-state index is 13.2. The molecule has 2 aromatic rings. The van der Waals surface area contributed by atoms with Crippen LogP contribution in [0.3, 0.4) is 0 Å². The van der Waals surface area contributed by atoms with E-state index in [1.807, 2.05) is 6.07 Å². The van der Waals surface area contributed by atoms with Gasteiger partial charge < -0.3 is 10.5 Å². The maximum atomic E-state index is 13.2. The van der Waals surface area contributed by atoms with E-state index in [4.69, 9.17) is 10.5 Å². The lowest BCUT2D eigenvalue weighted by Crippen LogP contribution is -2.28. The number of benzene rings is 1. The molecular weight excluding hydrogens is 249 g/mol. The van der Waals surface area contributed by atoms with E-state index in [9.17, 15) is 4.39 Å². The largest absolute Gasteiger partial charge is 0.381 e. The van der Waals surface area contributed by atoms with Crippen LogP contribution in [-0.2, 0) is 4.74 Å². The molecule has 1 aliphatic rings. The SMILES string of the molecule is NC(c1cc2ccc(F)cc2s1)C1CCCOC1. The molecule has 1 aliphatic heterocycles. The van der Waals surface area contributed by atoms with Gasteiger partial charge in [-0.1, -0.05) is 6.07 Å². The van der Waals surface area contributed by atoms with E-state index in [0.29, 0.717) is 5.92 Å². The van der Waals surface area contributed by atoms with Crippen molar-refractivity contribution in [1.29, 1.82) is 0 Å². The first kappa shape index (κ1) is 12.1. The fraction of sp³-hybridized carbons (Fsp3) is 0.429. The highest BCUT2D eigenvalue weighted by molar-refractivity contribution is 7.19. The lowest BCUT2D eigenvalue weighted by Gasteiger charge is -2.26. The molecule has 1 saturated heterocycles. The highest BCUT2D eigenvalue weighted by Crippen LogP contribution is 2.34. The highest BCUT2D eigenvalue weighted by Gasteiger charge is 2.23. The topological polar surface area (TPSA) is 35.2 Å². The van der Waals surface area contributed by atoms with Crippen molar-refractivity contribution in [3.8, 4) is 0 Å². The zero-order valence-corrected chi connectivity index (χ0v) is 10.9. The summed E-state index contributed by atoms with van der Waals surface area (Å²) < 4.78 is 19.6. The van der Waals surface area contributed by atoms with E-state index in [0.717, 1.165) is 41.0 Å². The second-order valence-electron chi connectivity index (χ2n) is 4.83. The van der Waals surface area contributed by atoms with Crippen molar-refractivity contribution in [2.24, 2.45) is 11.7 Å². The van der Waals surface area contributed by atoms with Crippen LogP contribution in [0.25, 0.3) is 10.1 Å². The van der Waals surface area contributed by atoms with Crippen LogP contribution in [0.1, 0.15) is 23.8 Å². The first-order valence-corrected chi connectivity index (χ1v) is 7.08. The molecule has 3 rings (SSSR count). The van der Waals surface area contributed by atoms with Crippen LogP contribution >= 0.6 is 11.3 Å². The third-order valence-electron chi connectivity index (χ3n) is 3.53. The monoisotopic (exact) mass is 265 g/mol. The number of halogens is 1. The Bertz CT molecular complexity index is 548. The Morgan fingerprint density at radius 3 is 3.06 bits per heavy atom. The van der Waals surface area contributed by atoms with Gasteiger partial charge in [0.05, 0.1) is 6.61 Å². The maximum Gasteiger partial charge on any atom is 0.124 e. The number of thiophene rings is 1. The number of ether oxygens (including phenoxy) is 1. The molecule has 2 heterocycles. The van der Waals surface area contributed by atoms with Crippen molar-refractivity contribution in [2.75, 3.05) is 13.2 Å². The second-order valence-corrected chi connectivity index (χ2v) is 5.95. The fourth-order valence-corrected chi connectivity index (χ4v) is 3.66. The molecule has 4 heteroatoms. The number of nitrogens with two attached hydrogens (primary N) is 1. The standard InChI is InChI=1S/C14H16FNOS/c15-11-4-3-9-6-13(18-12(9)7-11)14(16)10-2-1-5-17-8-10/h3-4,6-7,10,14H,1-2,5,8,16H2. The van der Waals surface area contributed by atoms with E-state index in [2.05, 4.69) is 6.07 Å². The van der Waals surface area contributed by atoms with E-state index in [1.165, 1.54) is 6.07 Å². The number of hydrogen-bond acceptors (Lipinski definition) is 3. The van der Waals surface area contributed by atoms with Crippen LogP contribution in [-0.4, -0.2) is 13.2 Å². The molecule has 0 bridgehead atoms. The minimum atomic E-state index is -0.189. The molecule has 96 valence electrons. The summed E-state index contributed by atoms with van der Waals surface area (Å²) in [6.07, 6.45) is 2.20. The third-order valence-corrected chi connectivity index (χ3v) is 4.73. The quantitative estimate of drug-likeness (QED) is 0.902. The van der Waals surface area contributed by atoms with Crippen molar-refractivity contribution in [3.05, 3.63) is 35.0 Å². The fourth-order valence-electron chi connectivity index (χ4n) is 2.47. The summed E-state index contributed by atoms with van der Waals surface area (Å²) in [5, 5.41) is 1.07. The van der Waals surface area contributed by atoms with E-state index < -0.39 is 0 Å². The lowest BCUT2D eigenvalue weighted by molar-refractivity contribution is 0.0452. The highest BCUT2D eigenvalue weighted by atomic mass is 32.1. The van der Waals surface area contributed by atoms with Gasteiger partial charge in [0.1, 0.15) is 5.82 Å². The molecule has 0 spiro atoms. The van der Waals surface area contributed by atoms with Crippen molar-refractivity contribution in [2.45, 2.75) is 18.9 Å². The summed E-state index contributed by atoms with van der Waals surface area (Å²) >= 11 is 1.59. The van der Waals surface area contributed by atoms with Crippen molar-refractivity contribution in [3.63, 3.8) is 0 Å². The molecule has 1 aromatic carbocycles. The molecule has 1 aromatic heterocycles. The Morgan fingerprint density at radius 2 is 2.28 bits per heavy atom. The van der Waals surface area contributed by atoms with Gasteiger partial charge >= 0.3 is 0 Å². The summed E-state index contributed by atoms with van der Waals surface area (Å²) in [5.41, 5.74) is 6.31. The smallest absolute Gasteiger partial charge is 0.124 e. The first-order chi connectivity index (χ1) is 8.74. The van der Waals surface area contributed by atoms with Crippen LogP contribution in [0.4, 0.5) is 4.39 Å². The zero-order chi connectivity index (χ0) is 12.5. The van der Waals surface area contributed by atoms with Gasteiger partial charge in [-0.15, -0.1) is 11.3 Å². The Hall–Kier alpha value is -0.970. The zero-order valence-electron chi connectivity index (χ0n) is 10.1. The van der Waals surface area contributed by atoms with Gasteiger partial charge in [-0.2, -0.15) is 0 Å². The molecule has 2 atom stereocenters. The Kier molecular flexibility index (Phi) is 3.33. The van der Waals surface area contributed by atoms with Crippen molar-refractivity contribution < 1.29 is 9.13 Å². The van der Waals surface area contributed by atoms with Crippen LogP contribution in [0.2, 0.25) is 0 Å². The van der Waals surface area contributed by atoms with E-state index in [1.54, 1.807) is 17.4 Å². The normalized spacial score (nSPS) is 22.2. The molecule has 2 nitrogen and oxygen atoms in total. The minimum Gasteiger partial charge on any atom is -0.381 e. The van der Waals surface area contributed by atoms with Crippen molar-refractivity contribution >= 4 is 21.4 Å². The number of hydrogen-bond donors (Lipinski definition) is 1. The predicted octanol–water partition coefficient (Wildman–Crippen LogP) is 3.47. The molecule has 0 amide bonds. The average Bonchev–Trinajstić information content (AvgIpc) is 2.81. The molecule has 0 radical (unpaired) electrons.